The number of aromatic nitrogens is 1. The molecule has 0 radical (unpaired) electrons. The van der Waals surface area contributed by atoms with Crippen molar-refractivity contribution < 1.29 is 14.3 Å². The van der Waals surface area contributed by atoms with Gasteiger partial charge in [-0.2, -0.15) is 5.26 Å². The standard InChI is InChI=1S/C22H23N3O3.C6H15N/c1-4-25-20-13-17(27-5-2)10-11-18(20)19(14-23)21(25)15-8-7-9-16(12-15)24-22(26)28-6-3;1-4-6-7(3)5-2/h7-13H,4-6H2,1-3H3,(H,24,26);4-6H2,1-3H3. The van der Waals surface area contributed by atoms with Crippen molar-refractivity contribution in [3.63, 3.8) is 0 Å². The summed E-state index contributed by atoms with van der Waals surface area (Å²) in [6, 6.07) is 15.5. The highest BCUT2D eigenvalue weighted by molar-refractivity contribution is 5.96. The number of carbonyl (C=O) groups is 1. The maximum atomic E-state index is 11.7. The Morgan fingerprint density at radius 3 is 2.43 bits per heavy atom. The Bertz CT molecular complexity index is 1150. The lowest BCUT2D eigenvalue weighted by Crippen LogP contribution is -2.17. The van der Waals surface area contributed by atoms with Crippen LogP contribution in [0.5, 0.6) is 5.75 Å². The molecule has 1 N–H and O–H groups in total. The minimum absolute atomic E-state index is 0.302. The van der Waals surface area contributed by atoms with E-state index < -0.39 is 6.09 Å². The Hall–Kier alpha value is -3.50. The lowest BCUT2D eigenvalue weighted by Gasteiger charge is -2.11. The molecule has 1 amide bonds. The molecular formula is C28H38N4O3. The van der Waals surface area contributed by atoms with Gasteiger partial charge < -0.3 is 18.9 Å². The first-order chi connectivity index (χ1) is 16.9. The Balaban J connectivity index is 0.000000540. The summed E-state index contributed by atoms with van der Waals surface area (Å²) >= 11 is 0. The van der Waals surface area contributed by atoms with Crippen LogP contribution in [0, 0.1) is 11.3 Å². The van der Waals surface area contributed by atoms with Crippen molar-refractivity contribution in [1.82, 2.24) is 9.47 Å². The van der Waals surface area contributed by atoms with Crippen LogP contribution in [-0.4, -0.2) is 48.9 Å². The number of nitrogens with zero attached hydrogens (tertiary/aromatic N) is 3. The zero-order valence-electron chi connectivity index (χ0n) is 21.9. The molecule has 0 bridgehead atoms. The number of nitrogens with one attached hydrogen (secondary N) is 1. The SMILES string of the molecule is CCCN(C)CC.CCOC(=O)Nc1cccc(-c2c(C#N)c3ccc(OCC)cc3n2CC)c1. The zero-order chi connectivity index (χ0) is 25.8. The van der Waals surface area contributed by atoms with Gasteiger partial charge in [-0.05, 0) is 71.6 Å². The van der Waals surface area contributed by atoms with Gasteiger partial charge in [-0.1, -0.05) is 26.0 Å². The second-order valence-corrected chi connectivity index (χ2v) is 8.01. The van der Waals surface area contributed by atoms with Gasteiger partial charge in [0.15, 0.2) is 0 Å². The highest BCUT2D eigenvalue weighted by Crippen LogP contribution is 2.36. The molecule has 0 saturated heterocycles. The van der Waals surface area contributed by atoms with Crippen LogP contribution in [0.4, 0.5) is 10.5 Å². The number of ether oxygens (including phenoxy) is 2. The normalized spacial score (nSPS) is 10.5. The van der Waals surface area contributed by atoms with Crippen molar-refractivity contribution in [3.8, 4) is 23.1 Å². The largest absolute Gasteiger partial charge is 0.494 e. The van der Waals surface area contributed by atoms with Crippen LogP contribution in [0.15, 0.2) is 42.5 Å². The third kappa shape index (κ3) is 7.24. The lowest BCUT2D eigenvalue weighted by molar-refractivity contribution is 0.168. The van der Waals surface area contributed by atoms with Gasteiger partial charge in [0.05, 0.1) is 30.0 Å². The molecule has 0 aliphatic rings. The average Bonchev–Trinajstić information content (AvgIpc) is 3.17. The Morgan fingerprint density at radius 2 is 1.86 bits per heavy atom. The van der Waals surface area contributed by atoms with E-state index in [0.717, 1.165) is 27.9 Å². The van der Waals surface area contributed by atoms with Gasteiger partial charge in [0, 0.05) is 29.2 Å². The molecule has 1 aromatic heterocycles. The van der Waals surface area contributed by atoms with E-state index in [1.54, 1.807) is 13.0 Å². The van der Waals surface area contributed by atoms with E-state index >= 15 is 0 Å². The van der Waals surface area contributed by atoms with Gasteiger partial charge in [0.1, 0.15) is 11.8 Å². The van der Waals surface area contributed by atoms with Crippen molar-refractivity contribution in [3.05, 3.63) is 48.0 Å². The summed E-state index contributed by atoms with van der Waals surface area (Å²) in [5.74, 6) is 0.774. The number of hydrogen-bond acceptors (Lipinski definition) is 5. The monoisotopic (exact) mass is 478 g/mol. The predicted octanol–water partition coefficient (Wildman–Crippen LogP) is 6.52. The van der Waals surface area contributed by atoms with E-state index in [4.69, 9.17) is 9.47 Å². The summed E-state index contributed by atoms with van der Waals surface area (Å²) in [6.07, 6.45) is 0.766. The van der Waals surface area contributed by atoms with E-state index in [1.807, 2.05) is 50.2 Å². The second kappa shape index (κ2) is 14.0. The molecule has 0 unspecified atom stereocenters. The van der Waals surface area contributed by atoms with Gasteiger partial charge in [-0.25, -0.2) is 4.79 Å². The van der Waals surface area contributed by atoms with E-state index in [1.165, 1.54) is 19.5 Å². The van der Waals surface area contributed by atoms with E-state index in [2.05, 4.69) is 41.7 Å². The van der Waals surface area contributed by atoms with Crippen molar-refractivity contribution in [2.45, 2.75) is 47.6 Å². The highest BCUT2D eigenvalue weighted by Gasteiger charge is 2.19. The summed E-state index contributed by atoms with van der Waals surface area (Å²) in [4.78, 5) is 14.0. The molecule has 188 valence electrons. The number of aryl methyl sites for hydroxylation is 1. The van der Waals surface area contributed by atoms with Crippen molar-refractivity contribution in [2.75, 3.05) is 38.7 Å². The second-order valence-electron chi connectivity index (χ2n) is 8.01. The molecule has 7 heteroatoms. The maximum absolute atomic E-state index is 11.7. The summed E-state index contributed by atoms with van der Waals surface area (Å²) in [5, 5.41) is 13.5. The van der Waals surface area contributed by atoms with Gasteiger partial charge >= 0.3 is 6.09 Å². The van der Waals surface area contributed by atoms with Gasteiger partial charge in [-0.3, -0.25) is 5.32 Å². The fraction of sp³-hybridized carbons (Fsp3) is 0.429. The van der Waals surface area contributed by atoms with Crippen molar-refractivity contribution >= 4 is 22.7 Å². The summed E-state index contributed by atoms with van der Waals surface area (Å²) in [5.41, 5.74) is 3.84. The number of nitriles is 1. The number of carbonyl (C=O) groups excluding carboxylic acids is 1. The molecule has 0 spiro atoms. The van der Waals surface area contributed by atoms with Crippen LogP contribution in [0.25, 0.3) is 22.2 Å². The van der Waals surface area contributed by atoms with E-state index in [-0.39, 0.29) is 0 Å². The van der Waals surface area contributed by atoms with Crippen LogP contribution in [0.2, 0.25) is 0 Å². The number of benzene rings is 2. The third-order valence-corrected chi connectivity index (χ3v) is 5.58. The Labute approximate surface area is 209 Å². The van der Waals surface area contributed by atoms with Crippen LogP contribution in [0.1, 0.15) is 46.6 Å². The molecule has 0 saturated carbocycles. The number of hydrogen-bond donors (Lipinski definition) is 1. The van der Waals surface area contributed by atoms with E-state index in [9.17, 15) is 10.1 Å². The molecule has 7 nitrogen and oxygen atoms in total. The first kappa shape index (κ1) is 27.7. The first-order valence-corrected chi connectivity index (χ1v) is 12.4. The number of fused-ring (bicyclic) bond motifs is 1. The third-order valence-electron chi connectivity index (χ3n) is 5.58. The van der Waals surface area contributed by atoms with E-state index in [0.29, 0.717) is 31.0 Å². The van der Waals surface area contributed by atoms with Crippen molar-refractivity contribution in [1.29, 1.82) is 5.26 Å². The number of anilines is 1. The zero-order valence-corrected chi connectivity index (χ0v) is 21.9. The minimum Gasteiger partial charge on any atom is -0.494 e. The number of rotatable bonds is 9. The summed E-state index contributed by atoms with van der Waals surface area (Å²) < 4.78 is 12.7. The topological polar surface area (TPSA) is 79.5 Å². The maximum Gasteiger partial charge on any atom is 0.411 e. The number of amides is 1. The molecule has 0 aliphatic heterocycles. The fourth-order valence-corrected chi connectivity index (χ4v) is 3.90. The molecule has 35 heavy (non-hydrogen) atoms. The Morgan fingerprint density at radius 1 is 1.09 bits per heavy atom. The molecule has 0 aliphatic carbocycles. The highest BCUT2D eigenvalue weighted by atomic mass is 16.5. The first-order valence-electron chi connectivity index (χ1n) is 12.4. The molecule has 0 atom stereocenters. The van der Waals surface area contributed by atoms with Gasteiger partial charge in [0.25, 0.3) is 0 Å². The molecule has 3 aromatic rings. The average molecular weight is 479 g/mol. The molecule has 3 rings (SSSR count). The molecule has 0 fully saturated rings. The molecular weight excluding hydrogens is 440 g/mol. The van der Waals surface area contributed by atoms with Crippen molar-refractivity contribution in [2.24, 2.45) is 0 Å². The smallest absolute Gasteiger partial charge is 0.411 e. The fourth-order valence-electron chi connectivity index (χ4n) is 3.90. The van der Waals surface area contributed by atoms with Crippen LogP contribution in [0.3, 0.4) is 0 Å². The minimum atomic E-state index is -0.502. The molecule has 2 aromatic carbocycles. The summed E-state index contributed by atoms with van der Waals surface area (Å²) in [7, 11) is 2.14. The van der Waals surface area contributed by atoms with Gasteiger partial charge in [-0.15, -0.1) is 0 Å². The lowest BCUT2D eigenvalue weighted by atomic mass is 10.1. The predicted molar refractivity (Wildman–Crippen MR) is 143 cm³/mol. The van der Waals surface area contributed by atoms with Crippen LogP contribution >= 0.6 is 0 Å². The quantitative estimate of drug-likeness (QED) is 0.379. The molecule has 1 heterocycles. The van der Waals surface area contributed by atoms with Crippen LogP contribution in [-0.2, 0) is 11.3 Å². The van der Waals surface area contributed by atoms with Gasteiger partial charge in [0.2, 0.25) is 0 Å². The summed E-state index contributed by atoms with van der Waals surface area (Å²) in [6.45, 7) is 14.1. The Kier molecular flexibility index (Phi) is 11.1. The van der Waals surface area contributed by atoms with Crippen LogP contribution < -0.4 is 10.1 Å².